The molecule has 0 fully saturated rings. The van der Waals surface area contributed by atoms with E-state index in [1.807, 2.05) is 6.92 Å². The van der Waals surface area contributed by atoms with Gasteiger partial charge in [0.05, 0.1) is 0 Å². The highest BCUT2D eigenvalue weighted by atomic mass is 16.5. The normalized spacial score (nSPS) is 9.88. The van der Waals surface area contributed by atoms with E-state index >= 15 is 0 Å². The Morgan fingerprint density at radius 3 is 2.31 bits per heavy atom. The van der Waals surface area contributed by atoms with Crippen molar-refractivity contribution in [2.24, 2.45) is 0 Å². The fourth-order valence-corrected chi connectivity index (χ4v) is 1.30. The molecular formula is C13H16O3. The van der Waals surface area contributed by atoms with Gasteiger partial charge in [0.2, 0.25) is 0 Å². The number of hydrogen-bond donors (Lipinski definition) is 0. The lowest BCUT2D eigenvalue weighted by molar-refractivity contribution is -0.121. The Morgan fingerprint density at radius 2 is 1.81 bits per heavy atom. The molecule has 0 saturated heterocycles. The Bertz CT molecular complexity index is 365. The molecule has 3 heteroatoms. The van der Waals surface area contributed by atoms with E-state index in [1.165, 1.54) is 6.92 Å². The van der Waals surface area contributed by atoms with Crippen molar-refractivity contribution < 1.29 is 14.3 Å². The molecule has 0 aromatic heterocycles. The number of carbonyl (C=O) groups is 2. The first-order valence-electron chi connectivity index (χ1n) is 5.39. The summed E-state index contributed by atoms with van der Waals surface area (Å²) in [5.74, 6) is 0.737. The summed E-state index contributed by atoms with van der Waals surface area (Å²) in [6.07, 6.45) is 1.39. The van der Waals surface area contributed by atoms with Crippen LogP contribution in [0.3, 0.4) is 0 Å². The van der Waals surface area contributed by atoms with Gasteiger partial charge < -0.3 is 4.74 Å². The van der Waals surface area contributed by atoms with E-state index in [0.29, 0.717) is 17.7 Å². The van der Waals surface area contributed by atoms with Crippen LogP contribution >= 0.6 is 0 Å². The summed E-state index contributed by atoms with van der Waals surface area (Å²) in [5, 5.41) is 0. The van der Waals surface area contributed by atoms with E-state index in [0.717, 1.165) is 6.42 Å². The van der Waals surface area contributed by atoms with Gasteiger partial charge in [-0.05, 0) is 37.6 Å². The summed E-state index contributed by atoms with van der Waals surface area (Å²) < 4.78 is 5.29. The van der Waals surface area contributed by atoms with Crippen molar-refractivity contribution in [3.8, 4) is 5.75 Å². The Morgan fingerprint density at radius 1 is 1.19 bits per heavy atom. The molecule has 0 aliphatic carbocycles. The number of Topliss-reactive ketones (excluding diaryl/α,β-unsaturated/α-hetero) is 2. The van der Waals surface area contributed by atoms with Crippen molar-refractivity contribution in [2.45, 2.75) is 26.7 Å². The lowest BCUT2D eigenvalue weighted by atomic mass is 10.1. The minimum atomic E-state index is 0.0219. The first-order chi connectivity index (χ1) is 7.63. The topological polar surface area (TPSA) is 43.4 Å². The van der Waals surface area contributed by atoms with Crippen LogP contribution in [-0.2, 0) is 4.79 Å². The molecule has 0 radical (unpaired) electrons. The first-order valence-corrected chi connectivity index (χ1v) is 5.39. The molecule has 1 rings (SSSR count). The monoisotopic (exact) mass is 220 g/mol. The van der Waals surface area contributed by atoms with Crippen molar-refractivity contribution in [3.05, 3.63) is 29.8 Å². The molecule has 0 amide bonds. The van der Waals surface area contributed by atoms with Crippen LogP contribution in [0.4, 0.5) is 0 Å². The van der Waals surface area contributed by atoms with Crippen LogP contribution < -0.4 is 4.74 Å². The van der Waals surface area contributed by atoms with E-state index < -0.39 is 0 Å². The molecule has 0 saturated carbocycles. The van der Waals surface area contributed by atoms with Gasteiger partial charge in [-0.3, -0.25) is 9.59 Å². The van der Waals surface area contributed by atoms with Gasteiger partial charge in [0, 0.05) is 12.0 Å². The highest BCUT2D eigenvalue weighted by Crippen LogP contribution is 2.12. The summed E-state index contributed by atoms with van der Waals surface area (Å²) in [5.41, 5.74) is 0.646. The lowest BCUT2D eigenvalue weighted by Crippen LogP contribution is -2.10. The van der Waals surface area contributed by atoms with E-state index in [2.05, 4.69) is 0 Å². The molecule has 0 aliphatic heterocycles. The molecule has 16 heavy (non-hydrogen) atoms. The molecule has 0 atom stereocenters. The third kappa shape index (κ3) is 3.85. The van der Waals surface area contributed by atoms with Gasteiger partial charge in [-0.15, -0.1) is 0 Å². The molecule has 0 heterocycles. The molecular weight excluding hydrogens is 204 g/mol. The van der Waals surface area contributed by atoms with Crippen LogP contribution in [0.25, 0.3) is 0 Å². The van der Waals surface area contributed by atoms with E-state index in [9.17, 15) is 9.59 Å². The van der Waals surface area contributed by atoms with Crippen molar-refractivity contribution in [2.75, 3.05) is 6.61 Å². The summed E-state index contributed by atoms with van der Waals surface area (Å²) >= 11 is 0. The maximum absolute atomic E-state index is 11.2. The van der Waals surface area contributed by atoms with Gasteiger partial charge in [-0.2, -0.15) is 0 Å². The Labute approximate surface area is 95.4 Å². The maximum Gasteiger partial charge on any atom is 0.170 e. The van der Waals surface area contributed by atoms with Crippen LogP contribution in [0, 0.1) is 0 Å². The summed E-state index contributed by atoms with van der Waals surface area (Å²) in [6, 6.07) is 6.80. The number of ketones is 2. The Balaban J connectivity index is 2.49. The standard InChI is InChI=1S/C13H16O3/c1-3-4-12(15)9-16-13-7-5-11(6-8-13)10(2)14/h5-8H,3-4,9H2,1-2H3. The third-order valence-corrected chi connectivity index (χ3v) is 2.19. The van der Waals surface area contributed by atoms with E-state index in [4.69, 9.17) is 4.74 Å². The minimum absolute atomic E-state index is 0.0219. The molecule has 0 bridgehead atoms. The van der Waals surface area contributed by atoms with Gasteiger partial charge in [0.25, 0.3) is 0 Å². The fraction of sp³-hybridized carbons (Fsp3) is 0.385. The van der Waals surface area contributed by atoms with Crippen LogP contribution in [0.2, 0.25) is 0 Å². The third-order valence-electron chi connectivity index (χ3n) is 2.19. The average molecular weight is 220 g/mol. The fourth-order valence-electron chi connectivity index (χ4n) is 1.30. The number of ether oxygens (including phenoxy) is 1. The van der Waals surface area contributed by atoms with Gasteiger partial charge >= 0.3 is 0 Å². The maximum atomic E-state index is 11.2. The van der Waals surface area contributed by atoms with Crippen LogP contribution in [0.15, 0.2) is 24.3 Å². The van der Waals surface area contributed by atoms with Crippen molar-refractivity contribution in [1.82, 2.24) is 0 Å². The molecule has 3 nitrogen and oxygen atoms in total. The van der Waals surface area contributed by atoms with Crippen molar-refractivity contribution in [3.63, 3.8) is 0 Å². The summed E-state index contributed by atoms with van der Waals surface area (Å²) in [4.78, 5) is 22.2. The largest absolute Gasteiger partial charge is 0.486 e. The first kappa shape index (κ1) is 12.4. The molecule has 1 aromatic carbocycles. The van der Waals surface area contributed by atoms with Crippen molar-refractivity contribution >= 4 is 11.6 Å². The van der Waals surface area contributed by atoms with Gasteiger partial charge in [0.1, 0.15) is 12.4 Å². The minimum Gasteiger partial charge on any atom is -0.486 e. The smallest absolute Gasteiger partial charge is 0.170 e. The second-order valence-electron chi connectivity index (χ2n) is 3.66. The van der Waals surface area contributed by atoms with E-state index in [1.54, 1.807) is 24.3 Å². The van der Waals surface area contributed by atoms with Crippen molar-refractivity contribution in [1.29, 1.82) is 0 Å². The second-order valence-corrected chi connectivity index (χ2v) is 3.66. The number of benzene rings is 1. The van der Waals surface area contributed by atoms with Crippen LogP contribution in [-0.4, -0.2) is 18.2 Å². The SMILES string of the molecule is CCCC(=O)COc1ccc(C(C)=O)cc1. The quantitative estimate of drug-likeness (QED) is 0.692. The Hall–Kier alpha value is -1.64. The zero-order valence-electron chi connectivity index (χ0n) is 9.66. The predicted molar refractivity (Wildman–Crippen MR) is 61.9 cm³/mol. The zero-order chi connectivity index (χ0) is 12.0. The summed E-state index contributed by atoms with van der Waals surface area (Å²) in [6.45, 7) is 3.58. The summed E-state index contributed by atoms with van der Waals surface area (Å²) in [7, 11) is 0. The lowest BCUT2D eigenvalue weighted by Gasteiger charge is -2.05. The number of carbonyl (C=O) groups excluding carboxylic acids is 2. The molecule has 1 aromatic rings. The number of rotatable bonds is 6. The molecule has 0 spiro atoms. The van der Waals surface area contributed by atoms with Crippen LogP contribution in [0.1, 0.15) is 37.0 Å². The molecule has 0 N–H and O–H groups in total. The van der Waals surface area contributed by atoms with Gasteiger partial charge in [0.15, 0.2) is 11.6 Å². The van der Waals surface area contributed by atoms with E-state index in [-0.39, 0.29) is 18.2 Å². The molecule has 0 aliphatic rings. The van der Waals surface area contributed by atoms with Gasteiger partial charge in [-0.1, -0.05) is 6.92 Å². The molecule has 86 valence electrons. The van der Waals surface area contributed by atoms with Gasteiger partial charge in [-0.25, -0.2) is 0 Å². The highest BCUT2D eigenvalue weighted by Gasteiger charge is 2.03. The number of hydrogen-bond acceptors (Lipinski definition) is 3. The van der Waals surface area contributed by atoms with Crippen LogP contribution in [0.5, 0.6) is 5.75 Å². The second kappa shape index (κ2) is 6.05. The predicted octanol–water partition coefficient (Wildman–Crippen LogP) is 2.64. The Kier molecular flexibility index (Phi) is 4.70. The molecule has 0 unspecified atom stereocenters. The zero-order valence-corrected chi connectivity index (χ0v) is 9.66. The highest BCUT2D eigenvalue weighted by molar-refractivity contribution is 5.94. The average Bonchev–Trinajstić information content (AvgIpc) is 2.27.